The third-order valence-corrected chi connectivity index (χ3v) is 4.54. The predicted octanol–water partition coefficient (Wildman–Crippen LogP) is 4.06. The first-order valence-electron chi connectivity index (χ1n) is 6.33. The molecule has 17 heavy (non-hydrogen) atoms. The van der Waals surface area contributed by atoms with Gasteiger partial charge in [0.15, 0.2) is 5.13 Å². The van der Waals surface area contributed by atoms with E-state index >= 15 is 0 Å². The molecular formula is C14H18N2S. The smallest absolute Gasteiger partial charge is 0.183 e. The number of hydrogen-bond donors (Lipinski definition) is 1. The predicted molar refractivity (Wildman–Crippen MR) is 74.7 cm³/mol. The van der Waals surface area contributed by atoms with Crippen LogP contribution in [0.15, 0.2) is 18.2 Å². The normalized spacial score (nSPS) is 17.3. The van der Waals surface area contributed by atoms with Crippen molar-refractivity contribution in [2.45, 2.75) is 26.7 Å². The molecule has 0 spiro atoms. The molecule has 0 radical (unpaired) electrons. The van der Waals surface area contributed by atoms with E-state index in [1.165, 1.54) is 23.1 Å². The SMILES string of the molecule is Cc1ccc2sc(NCC(C)C3CC3)nc2c1. The van der Waals surface area contributed by atoms with Crippen LogP contribution in [0.5, 0.6) is 0 Å². The minimum absolute atomic E-state index is 0.781. The van der Waals surface area contributed by atoms with Crippen LogP contribution in [0, 0.1) is 18.8 Å². The number of nitrogens with zero attached hydrogens (tertiary/aromatic N) is 1. The van der Waals surface area contributed by atoms with Gasteiger partial charge in [-0.15, -0.1) is 0 Å². The summed E-state index contributed by atoms with van der Waals surface area (Å²) in [6.45, 7) is 5.51. The minimum atomic E-state index is 0.781. The summed E-state index contributed by atoms with van der Waals surface area (Å²) in [6, 6.07) is 6.47. The van der Waals surface area contributed by atoms with Crippen LogP contribution >= 0.6 is 11.3 Å². The van der Waals surface area contributed by atoms with Gasteiger partial charge in [-0.1, -0.05) is 24.3 Å². The summed E-state index contributed by atoms with van der Waals surface area (Å²) in [5.74, 6) is 1.74. The van der Waals surface area contributed by atoms with Crippen molar-refractivity contribution in [2.75, 3.05) is 11.9 Å². The van der Waals surface area contributed by atoms with Crippen molar-refractivity contribution in [2.24, 2.45) is 11.8 Å². The Morgan fingerprint density at radius 1 is 1.47 bits per heavy atom. The summed E-state index contributed by atoms with van der Waals surface area (Å²) in [6.07, 6.45) is 2.84. The first-order valence-corrected chi connectivity index (χ1v) is 7.15. The Bertz CT molecular complexity index is 528. The highest BCUT2D eigenvalue weighted by molar-refractivity contribution is 7.22. The monoisotopic (exact) mass is 246 g/mol. The second-order valence-corrected chi connectivity index (χ2v) is 6.22. The maximum atomic E-state index is 4.63. The van der Waals surface area contributed by atoms with Crippen molar-refractivity contribution in [3.8, 4) is 0 Å². The van der Waals surface area contributed by atoms with Gasteiger partial charge < -0.3 is 5.32 Å². The van der Waals surface area contributed by atoms with Crippen LogP contribution in [0.2, 0.25) is 0 Å². The van der Waals surface area contributed by atoms with Crippen LogP contribution < -0.4 is 5.32 Å². The molecule has 1 aliphatic rings. The maximum Gasteiger partial charge on any atom is 0.183 e. The van der Waals surface area contributed by atoms with Gasteiger partial charge in [0.25, 0.3) is 0 Å². The standard InChI is InChI=1S/C14H18N2S/c1-9-3-6-13-12(7-9)16-14(17-13)15-8-10(2)11-4-5-11/h3,6-7,10-11H,4-5,8H2,1-2H3,(H,15,16). The van der Waals surface area contributed by atoms with Crippen LogP contribution in [-0.4, -0.2) is 11.5 Å². The highest BCUT2D eigenvalue weighted by Gasteiger charge is 2.27. The van der Waals surface area contributed by atoms with Crippen LogP contribution in [0.25, 0.3) is 10.2 Å². The van der Waals surface area contributed by atoms with Gasteiger partial charge in [-0.05, 0) is 49.3 Å². The van der Waals surface area contributed by atoms with Gasteiger partial charge in [-0.2, -0.15) is 0 Å². The molecule has 2 aromatic rings. The second-order valence-electron chi connectivity index (χ2n) is 5.19. The molecule has 1 unspecified atom stereocenters. The van der Waals surface area contributed by atoms with Gasteiger partial charge in [-0.3, -0.25) is 0 Å². The molecule has 1 heterocycles. The maximum absolute atomic E-state index is 4.63. The lowest BCUT2D eigenvalue weighted by atomic mass is 10.1. The lowest BCUT2D eigenvalue weighted by molar-refractivity contribution is 0.536. The van der Waals surface area contributed by atoms with E-state index in [0.29, 0.717) is 0 Å². The third-order valence-electron chi connectivity index (χ3n) is 3.55. The van der Waals surface area contributed by atoms with Gasteiger partial charge in [0, 0.05) is 6.54 Å². The van der Waals surface area contributed by atoms with Crippen molar-refractivity contribution in [1.82, 2.24) is 4.98 Å². The molecule has 1 aliphatic carbocycles. The van der Waals surface area contributed by atoms with Crippen LogP contribution in [0.3, 0.4) is 0 Å². The molecule has 3 heteroatoms. The van der Waals surface area contributed by atoms with Crippen molar-refractivity contribution < 1.29 is 0 Å². The second kappa shape index (κ2) is 4.30. The first kappa shape index (κ1) is 11.0. The summed E-state index contributed by atoms with van der Waals surface area (Å²) in [4.78, 5) is 4.63. The number of benzene rings is 1. The molecule has 2 nitrogen and oxygen atoms in total. The lowest BCUT2D eigenvalue weighted by Crippen LogP contribution is -2.12. The summed E-state index contributed by atoms with van der Waals surface area (Å²) in [7, 11) is 0. The topological polar surface area (TPSA) is 24.9 Å². The fourth-order valence-electron chi connectivity index (χ4n) is 2.19. The molecule has 0 bridgehead atoms. The van der Waals surface area contributed by atoms with Crippen LogP contribution in [0.1, 0.15) is 25.3 Å². The zero-order valence-electron chi connectivity index (χ0n) is 10.4. The Morgan fingerprint density at radius 2 is 2.29 bits per heavy atom. The lowest BCUT2D eigenvalue weighted by Gasteiger charge is -2.09. The largest absolute Gasteiger partial charge is 0.361 e. The Balaban J connectivity index is 1.72. The number of thiazole rings is 1. The minimum Gasteiger partial charge on any atom is -0.361 e. The molecule has 1 atom stereocenters. The van der Waals surface area contributed by atoms with Gasteiger partial charge in [0.2, 0.25) is 0 Å². The summed E-state index contributed by atoms with van der Waals surface area (Å²) < 4.78 is 1.28. The molecular weight excluding hydrogens is 228 g/mol. The van der Waals surface area contributed by atoms with E-state index in [-0.39, 0.29) is 0 Å². The van der Waals surface area contributed by atoms with Gasteiger partial charge in [-0.25, -0.2) is 4.98 Å². The number of hydrogen-bond acceptors (Lipinski definition) is 3. The summed E-state index contributed by atoms with van der Waals surface area (Å²) in [5, 5.41) is 4.55. The number of aryl methyl sites for hydroxylation is 1. The Morgan fingerprint density at radius 3 is 3.06 bits per heavy atom. The van der Waals surface area contributed by atoms with Gasteiger partial charge in [0.1, 0.15) is 0 Å². The Kier molecular flexibility index (Phi) is 2.79. The van der Waals surface area contributed by atoms with E-state index in [0.717, 1.165) is 29.0 Å². The fraction of sp³-hybridized carbons (Fsp3) is 0.500. The summed E-state index contributed by atoms with van der Waals surface area (Å²) >= 11 is 1.76. The molecule has 1 saturated carbocycles. The molecule has 1 fully saturated rings. The highest BCUT2D eigenvalue weighted by atomic mass is 32.1. The van der Waals surface area contributed by atoms with E-state index in [1.807, 2.05) is 0 Å². The van der Waals surface area contributed by atoms with Crippen molar-refractivity contribution in [3.63, 3.8) is 0 Å². The quantitative estimate of drug-likeness (QED) is 0.880. The van der Waals surface area contributed by atoms with Crippen molar-refractivity contribution in [1.29, 1.82) is 0 Å². The Labute approximate surface area is 106 Å². The van der Waals surface area contributed by atoms with Gasteiger partial charge in [0.05, 0.1) is 10.2 Å². The molecule has 1 aromatic carbocycles. The number of nitrogens with one attached hydrogen (secondary N) is 1. The molecule has 90 valence electrons. The van der Waals surface area contributed by atoms with E-state index in [1.54, 1.807) is 11.3 Å². The highest BCUT2D eigenvalue weighted by Crippen LogP contribution is 2.36. The Hall–Kier alpha value is -1.09. The van der Waals surface area contributed by atoms with E-state index in [2.05, 4.69) is 42.3 Å². The molecule has 1 aromatic heterocycles. The third kappa shape index (κ3) is 2.44. The van der Waals surface area contributed by atoms with Gasteiger partial charge >= 0.3 is 0 Å². The number of rotatable bonds is 4. The molecule has 0 aliphatic heterocycles. The van der Waals surface area contributed by atoms with Crippen LogP contribution in [0.4, 0.5) is 5.13 Å². The number of aromatic nitrogens is 1. The zero-order valence-corrected chi connectivity index (χ0v) is 11.2. The number of fused-ring (bicyclic) bond motifs is 1. The van der Waals surface area contributed by atoms with E-state index in [4.69, 9.17) is 0 Å². The molecule has 3 rings (SSSR count). The summed E-state index contributed by atoms with van der Waals surface area (Å²) in [5.41, 5.74) is 2.40. The fourth-order valence-corrected chi connectivity index (χ4v) is 3.05. The number of anilines is 1. The van der Waals surface area contributed by atoms with Crippen molar-refractivity contribution in [3.05, 3.63) is 23.8 Å². The first-order chi connectivity index (χ1) is 8.22. The van der Waals surface area contributed by atoms with E-state index in [9.17, 15) is 0 Å². The van der Waals surface area contributed by atoms with Crippen LogP contribution in [-0.2, 0) is 0 Å². The average Bonchev–Trinajstić information content (AvgIpc) is 3.07. The average molecular weight is 246 g/mol. The molecule has 0 saturated heterocycles. The molecule has 1 N–H and O–H groups in total. The molecule has 0 amide bonds. The van der Waals surface area contributed by atoms with Crippen molar-refractivity contribution >= 4 is 26.7 Å². The van der Waals surface area contributed by atoms with E-state index < -0.39 is 0 Å². The zero-order chi connectivity index (χ0) is 11.8.